The number of benzene rings is 1. The smallest absolute Gasteiger partial charge is 0.0859 e. The molecular weight excluding hydrogens is 234 g/mol. The van der Waals surface area contributed by atoms with Gasteiger partial charge in [-0.2, -0.15) is 0 Å². The van der Waals surface area contributed by atoms with Crippen LogP contribution in [0, 0.1) is 0 Å². The minimum Gasteiger partial charge on any atom is -0.390 e. The average molecular weight is 246 g/mol. The molecule has 1 aromatic heterocycles. The molecule has 0 atom stereocenters. The zero-order valence-corrected chi connectivity index (χ0v) is 9.98. The molecule has 0 aliphatic heterocycles. The van der Waals surface area contributed by atoms with Crippen LogP contribution in [0.25, 0.3) is 5.57 Å². The van der Waals surface area contributed by atoms with Gasteiger partial charge in [0.05, 0.1) is 12.3 Å². The number of hydrogen-bond donors (Lipinski definition) is 1. The van der Waals surface area contributed by atoms with Gasteiger partial charge in [0.15, 0.2) is 0 Å². The summed E-state index contributed by atoms with van der Waals surface area (Å²) >= 11 is 5.84. The largest absolute Gasteiger partial charge is 0.390 e. The van der Waals surface area contributed by atoms with Crippen molar-refractivity contribution in [1.82, 2.24) is 4.98 Å². The lowest BCUT2D eigenvalue weighted by Gasteiger charge is -2.09. The lowest BCUT2D eigenvalue weighted by molar-refractivity contribution is 0.276. The van der Waals surface area contributed by atoms with Crippen molar-refractivity contribution >= 4 is 17.2 Å². The Balaban J connectivity index is 2.40. The van der Waals surface area contributed by atoms with Crippen molar-refractivity contribution in [3.8, 4) is 0 Å². The molecule has 3 heteroatoms. The number of halogens is 1. The Labute approximate surface area is 105 Å². The van der Waals surface area contributed by atoms with Crippen molar-refractivity contribution in [3.05, 3.63) is 71.0 Å². The highest BCUT2D eigenvalue weighted by atomic mass is 35.5. The van der Waals surface area contributed by atoms with Crippen LogP contribution in [0.3, 0.4) is 0 Å². The minimum atomic E-state index is -0.0945. The Bertz CT molecular complexity index is 534. The maximum Gasteiger partial charge on any atom is 0.0859 e. The summed E-state index contributed by atoms with van der Waals surface area (Å²) in [5, 5.41) is 9.92. The molecule has 0 aliphatic rings. The van der Waals surface area contributed by atoms with Gasteiger partial charge in [0, 0.05) is 16.8 Å². The summed E-state index contributed by atoms with van der Waals surface area (Å²) in [5.74, 6) is 0. The van der Waals surface area contributed by atoms with Gasteiger partial charge in [-0.3, -0.25) is 4.98 Å². The molecule has 0 fully saturated rings. The van der Waals surface area contributed by atoms with Crippen molar-refractivity contribution in [1.29, 1.82) is 0 Å². The van der Waals surface area contributed by atoms with Crippen molar-refractivity contribution in [2.75, 3.05) is 0 Å². The molecular formula is C14H12ClNO. The third-order valence-electron chi connectivity index (χ3n) is 2.56. The molecule has 2 aromatic rings. The van der Waals surface area contributed by atoms with Crippen LogP contribution in [0.4, 0.5) is 0 Å². The quantitative estimate of drug-likeness (QED) is 0.900. The van der Waals surface area contributed by atoms with E-state index in [1.54, 1.807) is 6.20 Å². The van der Waals surface area contributed by atoms with E-state index in [1.807, 2.05) is 36.4 Å². The van der Waals surface area contributed by atoms with Crippen LogP contribution in [-0.4, -0.2) is 10.1 Å². The number of pyridine rings is 1. The normalized spacial score (nSPS) is 10.2. The second-order valence-corrected chi connectivity index (χ2v) is 4.08. The second-order valence-electron chi connectivity index (χ2n) is 3.64. The van der Waals surface area contributed by atoms with E-state index in [4.69, 9.17) is 11.6 Å². The van der Waals surface area contributed by atoms with Gasteiger partial charge >= 0.3 is 0 Å². The topological polar surface area (TPSA) is 33.1 Å². The summed E-state index contributed by atoms with van der Waals surface area (Å²) in [7, 11) is 0. The lowest BCUT2D eigenvalue weighted by Crippen LogP contribution is -1.97. The van der Waals surface area contributed by atoms with Gasteiger partial charge in [-0.05, 0) is 29.3 Å². The lowest BCUT2D eigenvalue weighted by atomic mass is 9.98. The molecule has 0 spiro atoms. The Morgan fingerprint density at radius 2 is 1.94 bits per heavy atom. The highest BCUT2D eigenvalue weighted by Gasteiger charge is 2.07. The van der Waals surface area contributed by atoms with Crippen LogP contribution in [0.2, 0.25) is 5.02 Å². The first-order chi connectivity index (χ1) is 8.22. The first-order valence-electron chi connectivity index (χ1n) is 5.22. The summed E-state index contributed by atoms with van der Waals surface area (Å²) in [6, 6.07) is 11.2. The molecule has 0 saturated carbocycles. The Morgan fingerprint density at radius 1 is 1.24 bits per heavy atom. The van der Waals surface area contributed by atoms with E-state index < -0.39 is 0 Å². The third kappa shape index (κ3) is 2.54. The van der Waals surface area contributed by atoms with E-state index in [0.717, 1.165) is 16.7 Å². The van der Waals surface area contributed by atoms with E-state index in [0.29, 0.717) is 10.7 Å². The van der Waals surface area contributed by atoms with Crippen molar-refractivity contribution in [2.24, 2.45) is 0 Å². The monoisotopic (exact) mass is 245 g/mol. The van der Waals surface area contributed by atoms with Crippen LogP contribution in [0.5, 0.6) is 0 Å². The molecule has 17 heavy (non-hydrogen) atoms. The van der Waals surface area contributed by atoms with Gasteiger partial charge in [-0.1, -0.05) is 36.4 Å². The molecule has 86 valence electrons. The molecule has 0 radical (unpaired) electrons. The van der Waals surface area contributed by atoms with E-state index in [1.165, 1.54) is 0 Å². The highest BCUT2D eigenvalue weighted by molar-refractivity contribution is 6.30. The molecule has 0 saturated heterocycles. The fraction of sp³-hybridized carbons (Fsp3) is 0.0714. The fourth-order valence-electron chi connectivity index (χ4n) is 1.65. The van der Waals surface area contributed by atoms with E-state index in [9.17, 15) is 5.11 Å². The van der Waals surface area contributed by atoms with Crippen molar-refractivity contribution in [2.45, 2.75) is 6.61 Å². The predicted molar refractivity (Wildman–Crippen MR) is 69.7 cm³/mol. The number of aromatic nitrogens is 1. The Kier molecular flexibility index (Phi) is 3.57. The Hall–Kier alpha value is -1.64. The zero-order valence-electron chi connectivity index (χ0n) is 9.23. The van der Waals surface area contributed by atoms with E-state index in [2.05, 4.69) is 11.6 Å². The van der Waals surface area contributed by atoms with Crippen molar-refractivity contribution in [3.63, 3.8) is 0 Å². The summed E-state index contributed by atoms with van der Waals surface area (Å²) in [6.07, 6.45) is 1.66. The highest BCUT2D eigenvalue weighted by Crippen LogP contribution is 2.24. The van der Waals surface area contributed by atoms with E-state index >= 15 is 0 Å². The van der Waals surface area contributed by atoms with Crippen molar-refractivity contribution < 1.29 is 5.11 Å². The predicted octanol–water partition coefficient (Wildman–Crippen LogP) is 3.29. The fourth-order valence-corrected chi connectivity index (χ4v) is 1.77. The summed E-state index contributed by atoms with van der Waals surface area (Å²) in [5.41, 5.74) is 3.29. The van der Waals surface area contributed by atoms with Crippen LogP contribution in [0.15, 0.2) is 49.2 Å². The zero-order chi connectivity index (χ0) is 12.3. The van der Waals surface area contributed by atoms with Gasteiger partial charge in [0.2, 0.25) is 0 Å². The summed E-state index contributed by atoms with van der Waals surface area (Å²) in [6.45, 7) is 3.94. The third-order valence-corrected chi connectivity index (χ3v) is 2.81. The van der Waals surface area contributed by atoms with E-state index in [-0.39, 0.29) is 6.61 Å². The molecule has 0 aliphatic carbocycles. The summed E-state index contributed by atoms with van der Waals surface area (Å²) < 4.78 is 0. The minimum absolute atomic E-state index is 0.0945. The Morgan fingerprint density at radius 3 is 2.59 bits per heavy atom. The van der Waals surface area contributed by atoms with Gasteiger partial charge in [0.1, 0.15) is 0 Å². The first-order valence-corrected chi connectivity index (χ1v) is 5.60. The first kappa shape index (κ1) is 11.8. The standard InChI is InChI=1S/C14H12ClNO/c1-10(11-4-6-12(15)7-5-11)13-3-2-8-16-14(13)9-17/h2-8,17H,1,9H2. The second kappa shape index (κ2) is 5.13. The molecule has 2 nitrogen and oxygen atoms in total. The number of nitrogens with zero attached hydrogens (tertiary/aromatic N) is 1. The SMILES string of the molecule is C=C(c1ccc(Cl)cc1)c1cccnc1CO. The molecule has 0 unspecified atom stereocenters. The summed E-state index contributed by atoms with van der Waals surface area (Å²) in [4.78, 5) is 4.12. The molecule has 0 amide bonds. The van der Waals surface area contributed by atoms with Crippen LogP contribution in [0.1, 0.15) is 16.8 Å². The van der Waals surface area contributed by atoms with Crippen LogP contribution >= 0.6 is 11.6 Å². The molecule has 0 bridgehead atoms. The maximum absolute atomic E-state index is 9.23. The average Bonchev–Trinajstić information content (AvgIpc) is 2.39. The number of aliphatic hydroxyl groups excluding tert-OH is 1. The van der Waals surface area contributed by atoms with Gasteiger partial charge in [-0.25, -0.2) is 0 Å². The molecule has 1 N–H and O–H groups in total. The van der Waals surface area contributed by atoms with Crippen LogP contribution in [-0.2, 0) is 6.61 Å². The molecule has 1 aromatic carbocycles. The molecule has 2 rings (SSSR count). The molecule has 1 heterocycles. The number of rotatable bonds is 3. The number of aliphatic hydroxyl groups is 1. The number of hydrogen-bond acceptors (Lipinski definition) is 2. The maximum atomic E-state index is 9.23. The van der Waals surface area contributed by atoms with Gasteiger partial charge < -0.3 is 5.11 Å². The van der Waals surface area contributed by atoms with Crippen LogP contribution < -0.4 is 0 Å². The van der Waals surface area contributed by atoms with Gasteiger partial charge in [0.25, 0.3) is 0 Å². The van der Waals surface area contributed by atoms with Gasteiger partial charge in [-0.15, -0.1) is 0 Å².